The molecule has 0 bridgehead atoms. The van der Waals surface area contributed by atoms with E-state index in [-0.39, 0.29) is 0 Å². The van der Waals surface area contributed by atoms with Crippen LogP contribution in [-0.4, -0.2) is 4.98 Å². The number of nitrogens with zero attached hydrogens (tertiary/aromatic N) is 1. The topological polar surface area (TPSA) is 57.4 Å². The van der Waals surface area contributed by atoms with Crippen LogP contribution in [0.15, 0.2) is 72.9 Å². The van der Waals surface area contributed by atoms with Crippen LogP contribution in [0.5, 0.6) is 23.1 Å². The number of hydrogen-bond donors (Lipinski definition) is 1. The van der Waals surface area contributed by atoms with Gasteiger partial charge in [-0.15, -0.1) is 0 Å². The van der Waals surface area contributed by atoms with Gasteiger partial charge in [-0.25, -0.2) is 4.98 Å². The summed E-state index contributed by atoms with van der Waals surface area (Å²) in [5.41, 5.74) is 6.59. The van der Waals surface area contributed by atoms with Crippen LogP contribution in [0.1, 0.15) is 5.56 Å². The Balaban J connectivity index is 1.76. The van der Waals surface area contributed by atoms with Crippen LogP contribution in [0.2, 0.25) is 0 Å². The molecule has 2 N–H and O–H groups in total. The summed E-state index contributed by atoms with van der Waals surface area (Å²) in [7, 11) is 0. The Morgan fingerprint density at radius 2 is 1.50 bits per heavy atom. The Hall–Kier alpha value is -2.85. The molecule has 1 aromatic heterocycles. The van der Waals surface area contributed by atoms with Gasteiger partial charge >= 0.3 is 0 Å². The highest BCUT2D eigenvalue weighted by molar-refractivity contribution is 5.38. The first-order chi connectivity index (χ1) is 10.8. The Morgan fingerprint density at radius 3 is 2.27 bits per heavy atom. The normalized spacial score (nSPS) is 10.2. The fourth-order valence-corrected chi connectivity index (χ4v) is 1.98. The minimum absolute atomic E-state index is 0.454. The molecule has 0 unspecified atom stereocenters. The van der Waals surface area contributed by atoms with Crippen LogP contribution in [-0.2, 0) is 6.54 Å². The smallest absolute Gasteiger partial charge is 0.219 e. The molecule has 110 valence electrons. The molecule has 22 heavy (non-hydrogen) atoms. The first-order valence-electron chi connectivity index (χ1n) is 6.99. The van der Waals surface area contributed by atoms with Crippen molar-refractivity contribution in [3.8, 4) is 23.1 Å². The third-order valence-electron chi connectivity index (χ3n) is 3.04. The Morgan fingerprint density at radius 1 is 0.773 bits per heavy atom. The summed E-state index contributed by atoms with van der Waals surface area (Å²) in [6, 6.07) is 20.7. The number of aromatic nitrogens is 1. The van der Waals surface area contributed by atoms with Crippen molar-refractivity contribution in [1.29, 1.82) is 0 Å². The van der Waals surface area contributed by atoms with Crippen molar-refractivity contribution in [2.75, 3.05) is 0 Å². The van der Waals surface area contributed by atoms with E-state index in [4.69, 9.17) is 15.2 Å². The molecular formula is C18H16N2O2. The van der Waals surface area contributed by atoms with Crippen LogP contribution < -0.4 is 15.2 Å². The fraction of sp³-hybridized carbons (Fsp3) is 0.0556. The standard InChI is InChI=1S/C18H16N2O2/c19-13-14-9-10-20-18(11-14)22-17-8-4-7-16(12-17)21-15-5-2-1-3-6-15/h1-12H,13,19H2. The second-order valence-electron chi connectivity index (χ2n) is 4.70. The maximum absolute atomic E-state index is 5.78. The van der Waals surface area contributed by atoms with Gasteiger partial charge in [0.25, 0.3) is 0 Å². The first-order valence-corrected chi connectivity index (χ1v) is 6.99. The Bertz CT molecular complexity index is 745. The van der Waals surface area contributed by atoms with Crippen molar-refractivity contribution in [2.24, 2.45) is 5.73 Å². The van der Waals surface area contributed by atoms with E-state index in [1.54, 1.807) is 6.20 Å². The van der Waals surface area contributed by atoms with Gasteiger partial charge in [0.05, 0.1) is 0 Å². The lowest BCUT2D eigenvalue weighted by Crippen LogP contribution is -1.97. The molecule has 0 atom stereocenters. The summed E-state index contributed by atoms with van der Waals surface area (Å²) < 4.78 is 11.5. The average Bonchev–Trinajstić information content (AvgIpc) is 2.56. The zero-order valence-electron chi connectivity index (χ0n) is 12.0. The van der Waals surface area contributed by atoms with Crippen molar-refractivity contribution >= 4 is 0 Å². The minimum atomic E-state index is 0.454. The average molecular weight is 292 g/mol. The molecule has 0 aliphatic heterocycles. The van der Waals surface area contributed by atoms with Gasteiger partial charge in [0.1, 0.15) is 17.2 Å². The molecule has 4 heteroatoms. The SMILES string of the molecule is NCc1ccnc(Oc2cccc(Oc3ccccc3)c2)c1. The molecule has 1 heterocycles. The monoisotopic (exact) mass is 292 g/mol. The van der Waals surface area contributed by atoms with E-state index >= 15 is 0 Å². The number of hydrogen-bond acceptors (Lipinski definition) is 4. The Kier molecular flexibility index (Phi) is 4.32. The number of nitrogens with two attached hydrogens (primary N) is 1. The molecule has 0 fully saturated rings. The summed E-state index contributed by atoms with van der Waals surface area (Å²) in [6.07, 6.45) is 1.68. The molecule has 0 spiro atoms. The Labute approximate surface area is 129 Å². The van der Waals surface area contributed by atoms with E-state index in [1.165, 1.54) is 0 Å². The zero-order valence-corrected chi connectivity index (χ0v) is 12.0. The zero-order chi connectivity index (χ0) is 15.2. The van der Waals surface area contributed by atoms with Gasteiger partial charge in [-0.2, -0.15) is 0 Å². The van der Waals surface area contributed by atoms with Crippen molar-refractivity contribution in [3.63, 3.8) is 0 Å². The van der Waals surface area contributed by atoms with Crippen LogP contribution in [0.3, 0.4) is 0 Å². The van der Waals surface area contributed by atoms with Gasteiger partial charge in [-0.1, -0.05) is 24.3 Å². The summed E-state index contributed by atoms with van der Waals surface area (Å²) >= 11 is 0. The highest BCUT2D eigenvalue weighted by atomic mass is 16.5. The molecule has 0 saturated heterocycles. The molecular weight excluding hydrogens is 276 g/mol. The quantitative estimate of drug-likeness (QED) is 0.768. The summed E-state index contributed by atoms with van der Waals surface area (Å²) in [6.45, 7) is 0.454. The maximum atomic E-state index is 5.78. The molecule has 0 radical (unpaired) electrons. The number of ether oxygens (including phenoxy) is 2. The second-order valence-corrected chi connectivity index (χ2v) is 4.70. The van der Waals surface area contributed by atoms with Gasteiger partial charge in [0.15, 0.2) is 0 Å². The van der Waals surface area contributed by atoms with Crippen LogP contribution in [0, 0.1) is 0 Å². The summed E-state index contributed by atoms with van der Waals surface area (Å²) in [5, 5.41) is 0. The van der Waals surface area contributed by atoms with Gasteiger partial charge in [-0.3, -0.25) is 0 Å². The lowest BCUT2D eigenvalue weighted by Gasteiger charge is -2.09. The van der Waals surface area contributed by atoms with E-state index in [1.807, 2.05) is 66.7 Å². The van der Waals surface area contributed by atoms with Crippen molar-refractivity contribution < 1.29 is 9.47 Å². The highest BCUT2D eigenvalue weighted by Crippen LogP contribution is 2.27. The molecule has 0 aliphatic rings. The summed E-state index contributed by atoms with van der Waals surface area (Å²) in [4.78, 5) is 4.18. The predicted octanol–water partition coefficient (Wildman–Crippen LogP) is 4.12. The molecule has 0 amide bonds. The largest absolute Gasteiger partial charge is 0.457 e. The third kappa shape index (κ3) is 3.62. The number of para-hydroxylation sites is 1. The van der Waals surface area contributed by atoms with E-state index in [9.17, 15) is 0 Å². The molecule has 4 nitrogen and oxygen atoms in total. The van der Waals surface area contributed by atoms with Gasteiger partial charge < -0.3 is 15.2 Å². The molecule has 3 rings (SSSR count). The van der Waals surface area contributed by atoms with E-state index in [2.05, 4.69) is 4.98 Å². The lowest BCUT2D eigenvalue weighted by molar-refractivity contribution is 0.448. The van der Waals surface area contributed by atoms with E-state index in [0.717, 1.165) is 11.3 Å². The number of rotatable bonds is 5. The molecule has 2 aromatic carbocycles. The third-order valence-corrected chi connectivity index (χ3v) is 3.04. The fourth-order valence-electron chi connectivity index (χ4n) is 1.98. The van der Waals surface area contributed by atoms with E-state index in [0.29, 0.717) is 23.9 Å². The van der Waals surface area contributed by atoms with Crippen LogP contribution in [0.25, 0.3) is 0 Å². The maximum Gasteiger partial charge on any atom is 0.219 e. The van der Waals surface area contributed by atoms with Crippen molar-refractivity contribution in [1.82, 2.24) is 4.98 Å². The second kappa shape index (κ2) is 6.74. The first kappa shape index (κ1) is 14.1. The number of pyridine rings is 1. The van der Waals surface area contributed by atoms with Crippen molar-refractivity contribution in [3.05, 3.63) is 78.5 Å². The van der Waals surface area contributed by atoms with Gasteiger partial charge in [0.2, 0.25) is 5.88 Å². The minimum Gasteiger partial charge on any atom is -0.457 e. The molecule has 0 aliphatic carbocycles. The van der Waals surface area contributed by atoms with Gasteiger partial charge in [-0.05, 0) is 35.9 Å². The summed E-state index contributed by atoms with van der Waals surface area (Å²) in [5.74, 6) is 2.66. The number of benzene rings is 2. The highest BCUT2D eigenvalue weighted by Gasteiger charge is 2.03. The molecule has 3 aromatic rings. The van der Waals surface area contributed by atoms with Gasteiger partial charge in [0, 0.05) is 24.9 Å². The van der Waals surface area contributed by atoms with Crippen LogP contribution >= 0.6 is 0 Å². The lowest BCUT2D eigenvalue weighted by atomic mass is 10.3. The van der Waals surface area contributed by atoms with Crippen LogP contribution in [0.4, 0.5) is 0 Å². The predicted molar refractivity (Wildman–Crippen MR) is 85.2 cm³/mol. The van der Waals surface area contributed by atoms with Crippen molar-refractivity contribution in [2.45, 2.75) is 6.54 Å². The van der Waals surface area contributed by atoms with E-state index < -0.39 is 0 Å². The molecule has 0 saturated carbocycles.